The number of hydrogen-bond acceptors (Lipinski definition) is 5. The van der Waals surface area contributed by atoms with Crippen LogP contribution in [0.15, 0.2) is 35.4 Å². The molecule has 0 radical (unpaired) electrons. The monoisotopic (exact) mass is 402 g/mol. The Balaban J connectivity index is 0.00000225. The number of nitriles is 1. The van der Waals surface area contributed by atoms with Crippen molar-refractivity contribution in [3.8, 4) is 11.8 Å². The number of aromatic nitrogens is 3. The molecule has 2 N–H and O–H groups in total. The molecule has 0 saturated carbocycles. The molecule has 3 heterocycles. The average molecular weight is 403 g/mol. The summed E-state index contributed by atoms with van der Waals surface area (Å²) in [7, 11) is 1.60. The van der Waals surface area contributed by atoms with Crippen molar-refractivity contribution < 1.29 is 4.39 Å². The fraction of sp³-hybridized carbons (Fsp3) is 0.316. The fourth-order valence-electron chi connectivity index (χ4n) is 3.71. The number of anilines is 1. The van der Waals surface area contributed by atoms with Crippen molar-refractivity contribution >= 4 is 29.3 Å². The number of nitrogens with two attached hydrogens (primary N) is 1. The molecule has 2 aromatic heterocycles. The van der Waals surface area contributed by atoms with Gasteiger partial charge in [0.2, 0.25) is 0 Å². The van der Waals surface area contributed by atoms with E-state index in [9.17, 15) is 14.4 Å². The van der Waals surface area contributed by atoms with E-state index in [0.29, 0.717) is 35.7 Å². The fourth-order valence-corrected chi connectivity index (χ4v) is 3.71. The van der Waals surface area contributed by atoms with Gasteiger partial charge in [0.05, 0.1) is 12.0 Å². The van der Waals surface area contributed by atoms with Gasteiger partial charge in [0.1, 0.15) is 34.3 Å². The van der Waals surface area contributed by atoms with Gasteiger partial charge in [0.25, 0.3) is 5.56 Å². The molecular formula is C19H20ClFN6O. The first-order valence-corrected chi connectivity index (χ1v) is 8.78. The van der Waals surface area contributed by atoms with Crippen molar-refractivity contribution in [3.63, 3.8) is 0 Å². The summed E-state index contributed by atoms with van der Waals surface area (Å²) in [6, 6.07) is 8.15. The minimum Gasteiger partial charge on any atom is -0.355 e. The molecule has 0 unspecified atom stereocenters. The molecule has 3 aromatic rings. The van der Waals surface area contributed by atoms with Gasteiger partial charge in [-0.25, -0.2) is 9.37 Å². The second-order valence-corrected chi connectivity index (χ2v) is 6.83. The molecule has 7 nitrogen and oxygen atoms in total. The maximum Gasteiger partial charge on any atom is 0.278 e. The van der Waals surface area contributed by atoms with E-state index in [1.165, 1.54) is 23.0 Å². The van der Waals surface area contributed by atoms with Crippen LogP contribution in [0.25, 0.3) is 16.7 Å². The highest BCUT2D eigenvalue weighted by Crippen LogP contribution is 2.34. The number of halogens is 2. The van der Waals surface area contributed by atoms with Crippen molar-refractivity contribution in [1.29, 1.82) is 5.26 Å². The van der Waals surface area contributed by atoms with Crippen LogP contribution in [-0.2, 0) is 7.05 Å². The first kappa shape index (κ1) is 19.9. The summed E-state index contributed by atoms with van der Waals surface area (Å²) in [6.45, 7) is 1.26. The quantitative estimate of drug-likeness (QED) is 0.708. The molecule has 28 heavy (non-hydrogen) atoms. The third-order valence-electron chi connectivity index (χ3n) is 4.94. The molecule has 0 amide bonds. The Morgan fingerprint density at radius 2 is 2.18 bits per heavy atom. The Morgan fingerprint density at radius 1 is 1.39 bits per heavy atom. The van der Waals surface area contributed by atoms with Crippen LogP contribution in [0.4, 0.5) is 10.2 Å². The predicted molar refractivity (Wildman–Crippen MR) is 108 cm³/mol. The first-order chi connectivity index (χ1) is 13.0. The Kier molecular flexibility index (Phi) is 5.40. The Bertz CT molecular complexity index is 1130. The van der Waals surface area contributed by atoms with Crippen LogP contribution in [0.3, 0.4) is 0 Å². The summed E-state index contributed by atoms with van der Waals surface area (Å²) >= 11 is 0. The lowest BCUT2D eigenvalue weighted by molar-refractivity contribution is 0.501. The second-order valence-electron chi connectivity index (χ2n) is 6.83. The molecule has 1 aromatic carbocycles. The van der Waals surface area contributed by atoms with E-state index in [1.807, 2.05) is 4.90 Å². The minimum atomic E-state index is -0.421. The van der Waals surface area contributed by atoms with E-state index in [0.717, 1.165) is 12.8 Å². The summed E-state index contributed by atoms with van der Waals surface area (Å²) in [4.78, 5) is 19.2. The van der Waals surface area contributed by atoms with Crippen molar-refractivity contribution in [2.24, 2.45) is 12.8 Å². The molecule has 1 saturated heterocycles. The molecule has 1 fully saturated rings. The maximum absolute atomic E-state index is 13.9. The van der Waals surface area contributed by atoms with Crippen LogP contribution in [0.5, 0.6) is 0 Å². The van der Waals surface area contributed by atoms with Gasteiger partial charge in [-0.05, 0) is 31.0 Å². The van der Waals surface area contributed by atoms with Crippen LogP contribution in [-0.4, -0.2) is 33.2 Å². The summed E-state index contributed by atoms with van der Waals surface area (Å²) in [5.41, 5.74) is 7.20. The normalized spacial score (nSPS) is 16.6. The number of fused-ring (bicyclic) bond motifs is 1. The van der Waals surface area contributed by atoms with Gasteiger partial charge < -0.3 is 15.2 Å². The minimum absolute atomic E-state index is 0. The van der Waals surface area contributed by atoms with Crippen molar-refractivity contribution in [2.45, 2.75) is 18.9 Å². The zero-order chi connectivity index (χ0) is 19.1. The lowest BCUT2D eigenvalue weighted by Crippen LogP contribution is -2.43. The molecule has 0 bridgehead atoms. The van der Waals surface area contributed by atoms with E-state index in [2.05, 4.69) is 11.1 Å². The smallest absolute Gasteiger partial charge is 0.278 e. The van der Waals surface area contributed by atoms with E-state index >= 15 is 0 Å². The molecule has 1 aliphatic rings. The number of hydrogen-bond donors (Lipinski definition) is 1. The first-order valence-electron chi connectivity index (χ1n) is 8.78. The zero-order valence-electron chi connectivity index (χ0n) is 15.3. The summed E-state index contributed by atoms with van der Waals surface area (Å²) in [5, 5.41) is 9.84. The molecule has 146 valence electrons. The van der Waals surface area contributed by atoms with Crippen molar-refractivity contribution in [2.75, 3.05) is 18.0 Å². The number of benzene rings is 1. The Labute approximate surface area is 167 Å². The van der Waals surface area contributed by atoms with Gasteiger partial charge in [0, 0.05) is 26.2 Å². The van der Waals surface area contributed by atoms with Crippen LogP contribution in [0, 0.1) is 17.1 Å². The Morgan fingerprint density at radius 3 is 2.86 bits per heavy atom. The van der Waals surface area contributed by atoms with Crippen molar-refractivity contribution in [3.05, 3.63) is 52.3 Å². The zero-order valence-corrected chi connectivity index (χ0v) is 16.1. The second kappa shape index (κ2) is 7.62. The highest BCUT2D eigenvalue weighted by atomic mass is 35.5. The lowest BCUT2D eigenvalue weighted by Gasteiger charge is -2.33. The molecule has 4 rings (SSSR count). The van der Waals surface area contributed by atoms with Gasteiger partial charge in [-0.15, -0.1) is 12.4 Å². The van der Waals surface area contributed by atoms with Crippen LogP contribution in [0.2, 0.25) is 0 Å². The molecular weight excluding hydrogens is 383 g/mol. The number of rotatable bonds is 2. The SMILES string of the molecule is Cl.Cn1cnc2c(C#N)c(N3CCC[C@H](N)C3)n(-c3cccc(F)c3)c2c1=O. The van der Waals surface area contributed by atoms with Gasteiger partial charge in [-0.1, -0.05) is 6.07 Å². The average Bonchev–Trinajstić information content (AvgIpc) is 2.99. The standard InChI is InChI=1S/C19H19FN6O.ClH/c1-24-11-23-16-15(9-21)18(25-7-3-5-13(22)10-25)26(17(16)19(24)27)14-6-2-4-12(20)8-14;/h2,4,6,8,11,13H,3,5,7,10,22H2,1H3;1H/t13-;/m0./s1. The maximum atomic E-state index is 13.9. The molecule has 0 spiro atoms. The van der Waals surface area contributed by atoms with Crippen LogP contribution < -0.4 is 16.2 Å². The highest BCUT2D eigenvalue weighted by molar-refractivity contribution is 5.91. The highest BCUT2D eigenvalue weighted by Gasteiger charge is 2.29. The summed E-state index contributed by atoms with van der Waals surface area (Å²) in [6.07, 6.45) is 3.17. The number of aryl methyl sites for hydroxylation is 1. The summed E-state index contributed by atoms with van der Waals surface area (Å²) in [5.74, 6) is 0.124. The van der Waals surface area contributed by atoms with Gasteiger partial charge >= 0.3 is 0 Å². The van der Waals surface area contributed by atoms with E-state index < -0.39 is 5.82 Å². The Hall–Kier alpha value is -2.89. The topological polar surface area (TPSA) is 92.9 Å². The van der Waals surface area contributed by atoms with E-state index in [4.69, 9.17) is 5.73 Å². The third-order valence-corrected chi connectivity index (χ3v) is 4.94. The van der Waals surface area contributed by atoms with E-state index in [1.54, 1.807) is 23.7 Å². The van der Waals surface area contributed by atoms with Crippen molar-refractivity contribution in [1.82, 2.24) is 14.1 Å². The van der Waals surface area contributed by atoms with E-state index in [-0.39, 0.29) is 29.5 Å². The van der Waals surface area contributed by atoms with Crippen LogP contribution >= 0.6 is 12.4 Å². The molecule has 1 aliphatic heterocycles. The van der Waals surface area contributed by atoms with Gasteiger partial charge in [-0.2, -0.15) is 5.26 Å². The molecule has 0 aliphatic carbocycles. The van der Waals surface area contributed by atoms with Gasteiger partial charge in [0.15, 0.2) is 0 Å². The molecule has 1 atom stereocenters. The lowest BCUT2D eigenvalue weighted by atomic mass is 10.1. The van der Waals surface area contributed by atoms with Gasteiger partial charge in [-0.3, -0.25) is 9.36 Å². The predicted octanol–water partition coefficient (Wildman–Crippen LogP) is 2.08. The van der Waals surface area contributed by atoms with Crippen LogP contribution in [0.1, 0.15) is 18.4 Å². The largest absolute Gasteiger partial charge is 0.355 e. The number of piperidine rings is 1. The number of nitrogens with zero attached hydrogens (tertiary/aromatic N) is 5. The third kappa shape index (κ3) is 3.13. The molecule has 9 heteroatoms. The summed E-state index contributed by atoms with van der Waals surface area (Å²) < 4.78 is 16.9.